The van der Waals surface area contributed by atoms with Crippen molar-refractivity contribution >= 4 is 17.7 Å². The smallest absolute Gasteiger partial charge is 0.251 e. The zero-order valence-electron chi connectivity index (χ0n) is 14.3. The monoisotopic (exact) mass is 352 g/mol. The van der Waals surface area contributed by atoms with E-state index in [1.807, 2.05) is 44.2 Å². The van der Waals surface area contributed by atoms with Crippen molar-refractivity contribution in [3.8, 4) is 11.5 Å². The summed E-state index contributed by atoms with van der Waals surface area (Å²) in [6.07, 6.45) is 0. The number of nitrogens with one attached hydrogen (secondary N) is 1. The Morgan fingerprint density at radius 1 is 1.12 bits per heavy atom. The highest BCUT2D eigenvalue weighted by molar-refractivity contribution is 7.98. The lowest BCUT2D eigenvalue weighted by Gasteiger charge is -2.02. The maximum atomic E-state index is 11.8. The molecule has 0 saturated heterocycles. The van der Waals surface area contributed by atoms with E-state index in [9.17, 15) is 4.79 Å². The molecule has 0 aliphatic heterocycles. The second-order valence-corrected chi connectivity index (χ2v) is 6.61. The first-order valence-corrected chi connectivity index (χ1v) is 9.18. The van der Waals surface area contributed by atoms with E-state index in [1.165, 1.54) is 4.90 Å². The molecule has 0 atom stereocenters. The van der Waals surface area contributed by atoms with Gasteiger partial charge in [0.15, 0.2) is 0 Å². The third kappa shape index (κ3) is 4.31. The van der Waals surface area contributed by atoms with Crippen LogP contribution in [0.2, 0.25) is 0 Å². The molecule has 3 rings (SSSR count). The zero-order chi connectivity index (χ0) is 17.6. The molecule has 0 fully saturated rings. The lowest BCUT2D eigenvalue weighted by molar-refractivity contribution is 0.0956. The van der Waals surface area contributed by atoms with Gasteiger partial charge in [0.2, 0.25) is 5.89 Å². The van der Waals surface area contributed by atoms with Crippen LogP contribution in [0.3, 0.4) is 0 Å². The molecular weight excluding hydrogens is 332 g/mol. The molecule has 0 unspecified atom stereocenters. The topological polar surface area (TPSA) is 55.1 Å². The highest BCUT2D eigenvalue weighted by atomic mass is 32.2. The standard InChI is InChI=1S/C20H20N2O2S/c1-3-21-19(23)15-9-11-16(12-10-15)20-22-18(14(2)24-20)13-25-17-7-5-4-6-8-17/h4-12H,3,13H2,1-2H3,(H,21,23). The van der Waals surface area contributed by atoms with Crippen LogP contribution in [0.4, 0.5) is 0 Å². The van der Waals surface area contributed by atoms with E-state index in [4.69, 9.17) is 4.42 Å². The van der Waals surface area contributed by atoms with Crippen molar-refractivity contribution in [1.29, 1.82) is 0 Å². The number of nitrogens with zero attached hydrogens (tertiary/aromatic N) is 1. The minimum Gasteiger partial charge on any atom is -0.441 e. The van der Waals surface area contributed by atoms with Crippen molar-refractivity contribution in [3.05, 3.63) is 71.6 Å². The van der Waals surface area contributed by atoms with Crippen LogP contribution in [0.1, 0.15) is 28.7 Å². The summed E-state index contributed by atoms with van der Waals surface area (Å²) in [5.74, 6) is 2.10. The number of amides is 1. The molecule has 1 aromatic heterocycles. The Bertz CT molecular complexity index is 842. The maximum absolute atomic E-state index is 11.8. The summed E-state index contributed by atoms with van der Waals surface area (Å²) in [6, 6.07) is 17.5. The van der Waals surface area contributed by atoms with E-state index in [0.717, 1.165) is 22.8 Å². The molecule has 128 valence electrons. The van der Waals surface area contributed by atoms with E-state index in [1.54, 1.807) is 23.9 Å². The summed E-state index contributed by atoms with van der Waals surface area (Å²) in [5, 5.41) is 2.79. The number of carbonyl (C=O) groups excluding carboxylic acids is 1. The quantitative estimate of drug-likeness (QED) is 0.654. The summed E-state index contributed by atoms with van der Waals surface area (Å²) in [6.45, 7) is 4.44. The van der Waals surface area contributed by atoms with E-state index in [0.29, 0.717) is 18.0 Å². The Balaban J connectivity index is 1.72. The number of thioether (sulfide) groups is 1. The van der Waals surface area contributed by atoms with E-state index in [-0.39, 0.29) is 5.91 Å². The van der Waals surface area contributed by atoms with Gasteiger partial charge in [-0.3, -0.25) is 4.79 Å². The van der Waals surface area contributed by atoms with Crippen LogP contribution in [-0.4, -0.2) is 17.4 Å². The lowest BCUT2D eigenvalue weighted by atomic mass is 10.1. The SMILES string of the molecule is CCNC(=O)c1ccc(-c2nc(CSc3ccccc3)c(C)o2)cc1. The first-order chi connectivity index (χ1) is 12.2. The first kappa shape index (κ1) is 17.3. The van der Waals surface area contributed by atoms with Crippen LogP contribution < -0.4 is 5.32 Å². The molecule has 0 radical (unpaired) electrons. The molecular formula is C20H20N2O2S. The number of oxazole rings is 1. The van der Waals surface area contributed by atoms with Crippen LogP contribution >= 0.6 is 11.8 Å². The number of hydrogen-bond donors (Lipinski definition) is 1. The minimum absolute atomic E-state index is 0.0717. The molecule has 25 heavy (non-hydrogen) atoms. The molecule has 3 aromatic rings. The fraction of sp³-hybridized carbons (Fsp3) is 0.200. The fourth-order valence-electron chi connectivity index (χ4n) is 2.38. The Morgan fingerprint density at radius 2 is 1.84 bits per heavy atom. The van der Waals surface area contributed by atoms with Gasteiger partial charge >= 0.3 is 0 Å². The van der Waals surface area contributed by atoms with Gasteiger partial charge in [-0.05, 0) is 50.2 Å². The van der Waals surface area contributed by atoms with Gasteiger partial charge in [-0.2, -0.15) is 0 Å². The van der Waals surface area contributed by atoms with Gasteiger partial charge in [-0.15, -0.1) is 11.8 Å². The van der Waals surface area contributed by atoms with Crippen LogP contribution in [0, 0.1) is 6.92 Å². The molecule has 2 aromatic carbocycles. The van der Waals surface area contributed by atoms with E-state index in [2.05, 4.69) is 22.4 Å². The third-order valence-electron chi connectivity index (χ3n) is 3.74. The van der Waals surface area contributed by atoms with Gasteiger partial charge in [0.1, 0.15) is 5.76 Å². The average Bonchev–Trinajstić information content (AvgIpc) is 3.02. The van der Waals surface area contributed by atoms with Crippen molar-refractivity contribution in [3.63, 3.8) is 0 Å². The molecule has 0 spiro atoms. The summed E-state index contributed by atoms with van der Waals surface area (Å²) < 4.78 is 5.81. The zero-order valence-corrected chi connectivity index (χ0v) is 15.1. The van der Waals surface area contributed by atoms with Gasteiger partial charge < -0.3 is 9.73 Å². The minimum atomic E-state index is -0.0717. The predicted octanol–water partition coefficient (Wildman–Crippen LogP) is 4.69. The number of aromatic nitrogens is 1. The van der Waals surface area contributed by atoms with Gasteiger partial charge in [-0.25, -0.2) is 4.98 Å². The average molecular weight is 352 g/mol. The molecule has 4 nitrogen and oxygen atoms in total. The summed E-state index contributed by atoms with van der Waals surface area (Å²) in [4.78, 5) is 17.6. The molecule has 1 heterocycles. The summed E-state index contributed by atoms with van der Waals surface area (Å²) in [7, 11) is 0. The van der Waals surface area contributed by atoms with Crippen LogP contribution in [-0.2, 0) is 5.75 Å². The van der Waals surface area contributed by atoms with Gasteiger partial charge in [0.25, 0.3) is 5.91 Å². The van der Waals surface area contributed by atoms with Crippen molar-refractivity contribution < 1.29 is 9.21 Å². The molecule has 1 amide bonds. The molecule has 0 aliphatic carbocycles. The molecule has 0 bridgehead atoms. The maximum Gasteiger partial charge on any atom is 0.251 e. The number of rotatable bonds is 6. The Labute approximate surface area is 151 Å². The number of aryl methyl sites for hydroxylation is 1. The number of carbonyl (C=O) groups is 1. The van der Waals surface area contributed by atoms with E-state index >= 15 is 0 Å². The van der Waals surface area contributed by atoms with Gasteiger partial charge in [-0.1, -0.05) is 18.2 Å². The van der Waals surface area contributed by atoms with Crippen molar-refractivity contribution in [2.75, 3.05) is 6.54 Å². The Kier molecular flexibility index (Phi) is 5.56. The molecule has 0 saturated carbocycles. The third-order valence-corrected chi connectivity index (χ3v) is 4.77. The van der Waals surface area contributed by atoms with E-state index < -0.39 is 0 Å². The largest absolute Gasteiger partial charge is 0.441 e. The fourth-order valence-corrected chi connectivity index (χ4v) is 3.30. The first-order valence-electron chi connectivity index (χ1n) is 8.20. The normalized spacial score (nSPS) is 10.6. The second-order valence-electron chi connectivity index (χ2n) is 5.56. The molecule has 0 aliphatic rings. The lowest BCUT2D eigenvalue weighted by Crippen LogP contribution is -2.22. The van der Waals surface area contributed by atoms with Crippen LogP contribution in [0.25, 0.3) is 11.5 Å². The van der Waals surface area contributed by atoms with Gasteiger partial charge in [0.05, 0.1) is 5.69 Å². The number of hydrogen-bond acceptors (Lipinski definition) is 4. The van der Waals surface area contributed by atoms with Crippen molar-refractivity contribution in [1.82, 2.24) is 10.3 Å². The Morgan fingerprint density at radius 3 is 2.52 bits per heavy atom. The van der Waals surface area contributed by atoms with Crippen molar-refractivity contribution in [2.24, 2.45) is 0 Å². The molecule has 5 heteroatoms. The predicted molar refractivity (Wildman–Crippen MR) is 101 cm³/mol. The van der Waals surface area contributed by atoms with Crippen LogP contribution in [0.15, 0.2) is 63.9 Å². The summed E-state index contributed by atoms with van der Waals surface area (Å²) in [5.41, 5.74) is 2.44. The Hall–Kier alpha value is -2.53. The molecule has 1 N–H and O–H groups in total. The number of benzene rings is 2. The second kappa shape index (κ2) is 8.03. The van der Waals surface area contributed by atoms with Crippen LogP contribution in [0.5, 0.6) is 0 Å². The highest BCUT2D eigenvalue weighted by Crippen LogP contribution is 2.27. The summed E-state index contributed by atoms with van der Waals surface area (Å²) >= 11 is 1.73. The highest BCUT2D eigenvalue weighted by Gasteiger charge is 2.12. The van der Waals surface area contributed by atoms with Crippen molar-refractivity contribution in [2.45, 2.75) is 24.5 Å². The van der Waals surface area contributed by atoms with Gasteiger partial charge in [0, 0.05) is 28.3 Å².